The third-order valence-electron chi connectivity index (χ3n) is 4.20. The van der Waals surface area contributed by atoms with Crippen LogP contribution >= 0.6 is 11.6 Å². The zero-order valence-electron chi connectivity index (χ0n) is 15.2. The van der Waals surface area contributed by atoms with Crippen molar-refractivity contribution in [3.05, 3.63) is 34.9 Å². The Hall–Kier alpha value is -2.28. The van der Waals surface area contributed by atoms with Gasteiger partial charge in [0.15, 0.2) is 5.54 Å². The minimum absolute atomic E-state index is 0.0855. The van der Waals surface area contributed by atoms with Crippen molar-refractivity contribution < 1.29 is 23.9 Å². The molecule has 0 bridgehead atoms. The van der Waals surface area contributed by atoms with Gasteiger partial charge in [-0.05, 0) is 38.0 Å². The number of rotatable bonds is 6. The maximum Gasteiger partial charge on any atom is 0.436 e. The van der Waals surface area contributed by atoms with Gasteiger partial charge in [0.05, 0.1) is 13.2 Å². The van der Waals surface area contributed by atoms with Crippen LogP contribution in [-0.2, 0) is 19.8 Å². The number of amides is 3. The van der Waals surface area contributed by atoms with Crippen LogP contribution < -0.4 is 0 Å². The van der Waals surface area contributed by atoms with E-state index in [2.05, 4.69) is 0 Å². The Morgan fingerprint density at radius 3 is 2.15 bits per heavy atom. The molecule has 0 saturated carbocycles. The average Bonchev–Trinajstić information content (AvgIpc) is 2.61. The first-order chi connectivity index (χ1) is 12.4. The van der Waals surface area contributed by atoms with Gasteiger partial charge in [0.25, 0.3) is 5.91 Å². The van der Waals surface area contributed by atoms with E-state index >= 15 is 0 Å². The van der Waals surface area contributed by atoms with Gasteiger partial charge in [-0.15, -0.1) is 5.01 Å². The van der Waals surface area contributed by atoms with Crippen molar-refractivity contribution in [1.82, 2.24) is 10.0 Å². The predicted octanol–water partition coefficient (Wildman–Crippen LogP) is 4.10. The molecule has 1 aliphatic rings. The van der Waals surface area contributed by atoms with Crippen LogP contribution in [0, 0.1) is 0 Å². The van der Waals surface area contributed by atoms with Crippen LogP contribution in [0.15, 0.2) is 24.3 Å². The molecule has 0 radical (unpaired) electrons. The van der Waals surface area contributed by atoms with Crippen LogP contribution in [0.3, 0.4) is 0 Å². The molecule has 2 rings (SSSR count). The summed E-state index contributed by atoms with van der Waals surface area (Å²) in [6, 6.07) is 6.66. The van der Waals surface area contributed by atoms with Gasteiger partial charge in [0, 0.05) is 5.02 Å². The van der Waals surface area contributed by atoms with Crippen molar-refractivity contribution in [2.45, 2.75) is 45.6 Å². The SMILES string of the molecule is CCCC[C@@]1(c2ccc(Cl)cc2)C(=O)N(C(=O)OCC)N1C(=O)OCC. The Morgan fingerprint density at radius 2 is 1.62 bits per heavy atom. The van der Waals surface area contributed by atoms with E-state index in [1.54, 1.807) is 38.1 Å². The van der Waals surface area contributed by atoms with E-state index in [-0.39, 0.29) is 13.2 Å². The van der Waals surface area contributed by atoms with Crippen LogP contribution in [0.2, 0.25) is 5.02 Å². The maximum atomic E-state index is 13.1. The highest BCUT2D eigenvalue weighted by Crippen LogP contribution is 2.46. The van der Waals surface area contributed by atoms with E-state index in [1.165, 1.54) is 0 Å². The quantitative estimate of drug-likeness (QED) is 0.740. The van der Waals surface area contributed by atoms with E-state index < -0.39 is 23.6 Å². The molecule has 0 unspecified atom stereocenters. The monoisotopic (exact) mass is 382 g/mol. The number of hydrazine groups is 1. The van der Waals surface area contributed by atoms with Gasteiger partial charge in [0.2, 0.25) is 0 Å². The number of hydrogen-bond donors (Lipinski definition) is 0. The number of unbranched alkanes of at least 4 members (excludes halogenated alkanes) is 1. The molecule has 26 heavy (non-hydrogen) atoms. The third kappa shape index (κ3) is 3.35. The van der Waals surface area contributed by atoms with Crippen molar-refractivity contribution in [3.8, 4) is 0 Å². The summed E-state index contributed by atoms with van der Waals surface area (Å²) in [6.07, 6.45) is 0.191. The van der Waals surface area contributed by atoms with Gasteiger partial charge in [-0.2, -0.15) is 5.01 Å². The van der Waals surface area contributed by atoms with E-state index in [4.69, 9.17) is 21.1 Å². The Balaban J connectivity index is 2.52. The Kier molecular flexibility index (Phi) is 6.47. The lowest BCUT2D eigenvalue weighted by molar-refractivity contribution is -0.204. The summed E-state index contributed by atoms with van der Waals surface area (Å²) in [5.41, 5.74) is -0.728. The first-order valence-corrected chi connectivity index (χ1v) is 9.06. The molecule has 0 spiro atoms. The first kappa shape index (κ1) is 20.0. The zero-order chi connectivity index (χ0) is 19.3. The molecule has 7 nitrogen and oxygen atoms in total. The molecule has 1 saturated heterocycles. The summed E-state index contributed by atoms with van der Waals surface area (Å²) in [4.78, 5) is 37.9. The fourth-order valence-electron chi connectivity index (χ4n) is 3.02. The lowest BCUT2D eigenvalue weighted by Crippen LogP contribution is -2.78. The minimum Gasteiger partial charge on any atom is -0.448 e. The molecule has 3 amide bonds. The molecule has 1 aromatic carbocycles. The van der Waals surface area contributed by atoms with Crippen LogP contribution in [-0.4, -0.2) is 41.3 Å². The van der Waals surface area contributed by atoms with E-state index in [0.29, 0.717) is 28.4 Å². The smallest absolute Gasteiger partial charge is 0.436 e. The second-order valence-electron chi connectivity index (χ2n) is 5.80. The molecular formula is C18H23ClN2O5. The van der Waals surface area contributed by atoms with Crippen LogP contribution in [0.1, 0.15) is 45.6 Å². The normalized spacial score (nSPS) is 19.2. The fourth-order valence-corrected chi connectivity index (χ4v) is 3.14. The molecule has 1 atom stereocenters. The molecule has 0 aromatic heterocycles. The van der Waals surface area contributed by atoms with E-state index in [1.807, 2.05) is 6.92 Å². The summed E-state index contributed by atoms with van der Waals surface area (Å²) in [7, 11) is 0. The van der Waals surface area contributed by atoms with Gasteiger partial charge < -0.3 is 9.47 Å². The molecule has 8 heteroatoms. The Morgan fingerprint density at radius 1 is 1.04 bits per heavy atom. The lowest BCUT2D eigenvalue weighted by atomic mass is 9.79. The second-order valence-corrected chi connectivity index (χ2v) is 6.23. The van der Waals surface area contributed by atoms with Crippen molar-refractivity contribution in [1.29, 1.82) is 0 Å². The largest absolute Gasteiger partial charge is 0.448 e. The van der Waals surface area contributed by atoms with Crippen molar-refractivity contribution in [2.24, 2.45) is 0 Å². The number of carbonyl (C=O) groups is 3. The standard InChI is InChI=1S/C18H23ClN2O5/c1-4-7-12-18(13-8-10-14(19)11-9-13)15(22)20(16(23)25-5-2)21(18)17(24)26-6-3/h8-11H,4-7,12H2,1-3H3/t18-/m1/s1. The molecule has 1 fully saturated rings. The van der Waals surface area contributed by atoms with Gasteiger partial charge in [-0.1, -0.05) is 43.5 Å². The number of imide groups is 1. The van der Waals surface area contributed by atoms with E-state index in [9.17, 15) is 14.4 Å². The molecule has 0 N–H and O–H groups in total. The number of benzene rings is 1. The Bertz CT molecular complexity index is 679. The summed E-state index contributed by atoms with van der Waals surface area (Å²) >= 11 is 5.96. The molecule has 0 aliphatic carbocycles. The Labute approximate surface area is 157 Å². The summed E-state index contributed by atoms with van der Waals surface area (Å²) in [5.74, 6) is -0.514. The highest BCUT2D eigenvalue weighted by molar-refractivity contribution is 6.30. The van der Waals surface area contributed by atoms with E-state index in [0.717, 1.165) is 11.4 Å². The first-order valence-electron chi connectivity index (χ1n) is 8.68. The third-order valence-corrected chi connectivity index (χ3v) is 4.46. The number of halogens is 1. The maximum absolute atomic E-state index is 13.1. The minimum atomic E-state index is -1.31. The molecule has 1 aliphatic heterocycles. The average molecular weight is 383 g/mol. The number of hydrogen-bond acceptors (Lipinski definition) is 5. The number of nitrogens with zero attached hydrogens (tertiary/aromatic N) is 2. The predicted molar refractivity (Wildman–Crippen MR) is 95.4 cm³/mol. The van der Waals surface area contributed by atoms with Crippen molar-refractivity contribution in [3.63, 3.8) is 0 Å². The van der Waals surface area contributed by atoms with Gasteiger partial charge in [0.1, 0.15) is 0 Å². The molecule has 1 aromatic rings. The highest BCUT2D eigenvalue weighted by atomic mass is 35.5. The number of ether oxygens (including phenoxy) is 2. The molecule has 142 valence electrons. The summed E-state index contributed by atoms with van der Waals surface area (Å²) in [6.45, 7) is 5.47. The molecular weight excluding hydrogens is 360 g/mol. The topological polar surface area (TPSA) is 76.2 Å². The molecule has 1 heterocycles. The van der Waals surface area contributed by atoms with Gasteiger partial charge >= 0.3 is 12.2 Å². The summed E-state index contributed by atoms with van der Waals surface area (Å²) in [5, 5.41) is 2.29. The summed E-state index contributed by atoms with van der Waals surface area (Å²) < 4.78 is 10.0. The van der Waals surface area contributed by atoms with Crippen LogP contribution in [0.4, 0.5) is 9.59 Å². The lowest BCUT2D eigenvalue weighted by Gasteiger charge is -2.55. The number of carbonyl (C=O) groups excluding carboxylic acids is 3. The van der Waals surface area contributed by atoms with Gasteiger partial charge in [-0.3, -0.25) is 4.79 Å². The van der Waals surface area contributed by atoms with Crippen molar-refractivity contribution >= 4 is 29.7 Å². The zero-order valence-corrected chi connectivity index (χ0v) is 15.9. The highest BCUT2D eigenvalue weighted by Gasteiger charge is 2.66. The second kappa shape index (κ2) is 8.40. The van der Waals surface area contributed by atoms with Crippen molar-refractivity contribution in [2.75, 3.05) is 13.2 Å². The van der Waals surface area contributed by atoms with Crippen LogP contribution in [0.5, 0.6) is 0 Å². The van der Waals surface area contributed by atoms with Crippen LogP contribution in [0.25, 0.3) is 0 Å². The van der Waals surface area contributed by atoms with Gasteiger partial charge in [-0.25, -0.2) is 9.59 Å². The fraction of sp³-hybridized carbons (Fsp3) is 0.500.